The molecule has 0 fully saturated rings. The predicted molar refractivity (Wildman–Crippen MR) is 108 cm³/mol. The van der Waals surface area contributed by atoms with Gasteiger partial charge in [0.05, 0.1) is 19.0 Å². The number of fused-ring (bicyclic) bond motifs is 1. The summed E-state index contributed by atoms with van der Waals surface area (Å²) in [4.78, 5) is 14.1. The standard InChI is InChI=1S/C22H21N3O3/c1-24(13-16-12-23-25(14-16)18-6-4-3-5-7-18)15-17-10-22(26)28-21-11-19(27-2)8-9-20(17)21/h3-12,14H,13,15H2,1-2H3. The van der Waals surface area contributed by atoms with Crippen LogP contribution in [0.3, 0.4) is 0 Å². The molecule has 4 rings (SSSR count). The van der Waals surface area contributed by atoms with Gasteiger partial charge in [0.1, 0.15) is 11.3 Å². The molecule has 0 amide bonds. The highest BCUT2D eigenvalue weighted by Crippen LogP contribution is 2.23. The highest BCUT2D eigenvalue weighted by Gasteiger charge is 2.11. The zero-order valence-corrected chi connectivity index (χ0v) is 15.8. The minimum absolute atomic E-state index is 0.360. The van der Waals surface area contributed by atoms with Gasteiger partial charge in [-0.05, 0) is 36.9 Å². The van der Waals surface area contributed by atoms with Crippen molar-refractivity contribution in [1.29, 1.82) is 0 Å². The molecular weight excluding hydrogens is 354 g/mol. The van der Waals surface area contributed by atoms with E-state index in [1.54, 1.807) is 19.2 Å². The van der Waals surface area contributed by atoms with Crippen LogP contribution in [0.15, 0.2) is 76.2 Å². The van der Waals surface area contributed by atoms with Crippen molar-refractivity contribution >= 4 is 11.0 Å². The molecule has 6 heteroatoms. The number of hydrogen-bond acceptors (Lipinski definition) is 5. The van der Waals surface area contributed by atoms with Crippen LogP contribution in [0, 0.1) is 0 Å². The summed E-state index contributed by atoms with van der Waals surface area (Å²) in [5.41, 5.74) is 3.22. The first-order chi connectivity index (χ1) is 13.6. The summed E-state index contributed by atoms with van der Waals surface area (Å²) in [6.45, 7) is 1.33. The minimum atomic E-state index is -0.360. The zero-order valence-electron chi connectivity index (χ0n) is 15.8. The van der Waals surface area contributed by atoms with Crippen LogP contribution in [0.2, 0.25) is 0 Å². The quantitative estimate of drug-likeness (QED) is 0.482. The van der Waals surface area contributed by atoms with Crippen LogP contribution < -0.4 is 10.4 Å². The second-order valence-corrected chi connectivity index (χ2v) is 6.75. The number of nitrogens with zero attached hydrogens (tertiary/aromatic N) is 3. The predicted octanol–water partition coefficient (Wildman–Crippen LogP) is 3.62. The van der Waals surface area contributed by atoms with Crippen LogP contribution in [0.25, 0.3) is 16.7 Å². The summed E-state index contributed by atoms with van der Waals surface area (Å²) in [5, 5.41) is 5.35. The van der Waals surface area contributed by atoms with E-state index in [4.69, 9.17) is 9.15 Å². The van der Waals surface area contributed by atoms with E-state index >= 15 is 0 Å². The van der Waals surface area contributed by atoms with Gasteiger partial charge in [0.15, 0.2) is 0 Å². The third-order valence-electron chi connectivity index (χ3n) is 4.59. The molecule has 0 unspecified atom stereocenters. The largest absolute Gasteiger partial charge is 0.497 e. The van der Waals surface area contributed by atoms with E-state index in [-0.39, 0.29) is 5.63 Å². The number of aromatic nitrogens is 2. The fourth-order valence-corrected chi connectivity index (χ4v) is 3.29. The van der Waals surface area contributed by atoms with E-state index in [0.29, 0.717) is 24.4 Å². The van der Waals surface area contributed by atoms with Gasteiger partial charge in [0.25, 0.3) is 0 Å². The van der Waals surface area contributed by atoms with Gasteiger partial charge in [-0.3, -0.25) is 4.90 Å². The fraction of sp³-hybridized carbons (Fsp3) is 0.182. The van der Waals surface area contributed by atoms with Crippen molar-refractivity contribution < 1.29 is 9.15 Å². The summed E-state index contributed by atoms with van der Waals surface area (Å²) in [7, 11) is 3.61. The summed E-state index contributed by atoms with van der Waals surface area (Å²) in [6, 6.07) is 17.1. The van der Waals surface area contributed by atoms with Crippen molar-refractivity contribution in [2.75, 3.05) is 14.2 Å². The molecule has 0 aliphatic rings. The number of hydrogen-bond donors (Lipinski definition) is 0. The smallest absolute Gasteiger partial charge is 0.336 e. The molecule has 142 valence electrons. The number of para-hydroxylation sites is 1. The highest BCUT2D eigenvalue weighted by atomic mass is 16.5. The molecule has 0 N–H and O–H groups in total. The second kappa shape index (κ2) is 7.70. The lowest BCUT2D eigenvalue weighted by Gasteiger charge is -2.16. The lowest BCUT2D eigenvalue weighted by Crippen LogP contribution is -2.18. The molecule has 2 aromatic carbocycles. The van der Waals surface area contributed by atoms with Gasteiger partial charge in [-0.2, -0.15) is 5.10 Å². The molecule has 0 bridgehead atoms. The van der Waals surface area contributed by atoms with E-state index in [1.165, 1.54) is 0 Å². The van der Waals surface area contributed by atoms with E-state index in [0.717, 1.165) is 22.2 Å². The molecule has 28 heavy (non-hydrogen) atoms. The Morgan fingerprint density at radius 1 is 1.11 bits per heavy atom. The molecule has 0 aliphatic carbocycles. The van der Waals surface area contributed by atoms with E-state index < -0.39 is 0 Å². The van der Waals surface area contributed by atoms with Crippen LogP contribution in [-0.4, -0.2) is 28.8 Å². The Labute approximate surface area is 162 Å². The Bertz CT molecular complexity index is 1150. The van der Waals surface area contributed by atoms with Gasteiger partial charge in [0, 0.05) is 42.4 Å². The first kappa shape index (κ1) is 18.0. The molecule has 0 saturated heterocycles. The third-order valence-corrected chi connectivity index (χ3v) is 4.59. The minimum Gasteiger partial charge on any atom is -0.497 e. The highest BCUT2D eigenvalue weighted by molar-refractivity contribution is 5.81. The van der Waals surface area contributed by atoms with Crippen LogP contribution >= 0.6 is 0 Å². The van der Waals surface area contributed by atoms with E-state index in [2.05, 4.69) is 10.00 Å². The average molecular weight is 375 g/mol. The van der Waals surface area contributed by atoms with Crippen molar-refractivity contribution in [3.63, 3.8) is 0 Å². The Morgan fingerprint density at radius 2 is 1.93 bits per heavy atom. The van der Waals surface area contributed by atoms with Gasteiger partial charge in [-0.25, -0.2) is 9.48 Å². The maximum atomic E-state index is 12.0. The van der Waals surface area contributed by atoms with Crippen molar-refractivity contribution in [3.8, 4) is 11.4 Å². The van der Waals surface area contributed by atoms with Gasteiger partial charge in [0.2, 0.25) is 0 Å². The normalized spacial score (nSPS) is 11.2. The van der Waals surface area contributed by atoms with Crippen LogP contribution in [0.4, 0.5) is 0 Å². The molecule has 0 atom stereocenters. The van der Waals surface area contributed by atoms with Crippen molar-refractivity contribution in [1.82, 2.24) is 14.7 Å². The summed E-state index contributed by atoms with van der Waals surface area (Å²) < 4.78 is 12.4. The Balaban J connectivity index is 1.53. The Kier molecular flexibility index (Phi) is 4.95. The van der Waals surface area contributed by atoms with Gasteiger partial charge in [-0.15, -0.1) is 0 Å². The van der Waals surface area contributed by atoms with Gasteiger partial charge < -0.3 is 9.15 Å². The number of benzene rings is 2. The first-order valence-corrected chi connectivity index (χ1v) is 9.00. The fourth-order valence-electron chi connectivity index (χ4n) is 3.29. The molecule has 0 spiro atoms. The number of rotatable bonds is 6. The molecule has 0 radical (unpaired) electrons. The summed E-state index contributed by atoms with van der Waals surface area (Å²) in [5.74, 6) is 0.662. The average Bonchev–Trinajstić information content (AvgIpc) is 3.16. The molecule has 4 aromatic rings. The molecular formula is C22H21N3O3. The summed E-state index contributed by atoms with van der Waals surface area (Å²) in [6.07, 6.45) is 3.89. The zero-order chi connectivity index (χ0) is 19.5. The maximum Gasteiger partial charge on any atom is 0.336 e. The van der Waals surface area contributed by atoms with Crippen LogP contribution in [0.1, 0.15) is 11.1 Å². The van der Waals surface area contributed by atoms with E-state index in [1.807, 2.05) is 66.6 Å². The maximum absolute atomic E-state index is 12.0. The van der Waals surface area contributed by atoms with Crippen LogP contribution in [-0.2, 0) is 13.1 Å². The van der Waals surface area contributed by atoms with Crippen LogP contribution in [0.5, 0.6) is 5.75 Å². The van der Waals surface area contributed by atoms with Crippen molar-refractivity contribution in [2.45, 2.75) is 13.1 Å². The lowest BCUT2D eigenvalue weighted by molar-refractivity contribution is 0.319. The van der Waals surface area contributed by atoms with Crippen molar-refractivity contribution in [2.24, 2.45) is 0 Å². The van der Waals surface area contributed by atoms with E-state index in [9.17, 15) is 4.79 Å². The van der Waals surface area contributed by atoms with Crippen molar-refractivity contribution in [3.05, 3.63) is 88.5 Å². The second-order valence-electron chi connectivity index (χ2n) is 6.75. The molecule has 2 heterocycles. The monoisotopic (exact) mass is 375 g/mol. The number of ether oxygens (including phenoxy) is 1. The SMILES string of the molecule is COc1ccc2c(CN(C)Cc3cnn(-c4ccccc4)c3)cc(=O)oc2c1. The molecule has 6 nitrogen and oxygen atoms in total. The lowest BCUT2D eigenvalue weighted by atomic mass is 10.1. The third kappa shape index (κ3) is 3.82. The Hall–Kier alpha value is -3.38. The number of methoxy groups -OCH3 is 1. The van der Waals surface area contributed by atoms with Gasteiger partial charge in [-0.1, -0.05) is 18.2 Å². The topological polar surface area (TPSA) is 60.5 Å². The molecule has 0 aliphatic heterocycles. The first-order valence-electron chi connectivity index (χ1n) is 9.00. The Morgan fingerprint density at radius 3 is 2.71 bits per heavy atom. The molecule has 2 aromatic heterocycles. The molecule has 0 saturated carbocycles. The van der Waals surface area contributed by atoms with Gasteiger partial charge >= 0.3 is 5.63 Å². The summed E-state index contributed by atoms with van der Waals surface area (Å²) >= 11 is 0.